The summed E-state index contributed by atoms with van der Waals surface area (Å²) in [5.74, 6) is -0.00541. The highest BCUT2D eigenvalue weighted by molar-refractivity contribution is 5.96. The van der Waals surface area contributed by atoms with Crippen LogP contribution in [0.5, 0.6) is 5.75 Å². The van der Waals surface area contributed by atoms with Gasteiger partial charge in [-0.2, -0.15) is 13.2 Å². The molecule has 2 heterocycles. The van der Waals surface area contributed by atoms with Crippen LogP contribution in [0.25, 0.3) is 0 Å². The van der Waals surface area contributed by atoms with Crippen LogP contribution in [0.2, 0.25) is 0 Å². The summed E-state index contributed by atoms with van der Waals surface area (Å²) < 4.78 is 44.1. The largest absolute Gasteiger partial charge is 0.490 e. The molecule has 24 heavy (non-hydrogen) atoms. The zero-order chi connectivity index (χ0) is 17.3. The number of aryl methyl sites for hydroxylation is 1. The van der Waals surface area contributed by atoms with Gasteiger partial charge in [-0.3, -0.25) is 9.78 Å². The van der Waals surface area contributed by atoms with Gasteiger partial charge in [0.25, 0.3) is 0 Å². The zero-order valence-electron chi connectivity index (χ0n) is 12.9. The Labute approximate surface area is 136 Å². The number of ether oxygens (including phenoxy) is 1. The number of hydrogen-bond donors (Lipinski definition) is 0. The highest BCUT2D eigenvalue weighted by Gasteiger charge is 2.33. The fourth-order valence-electron chi connectivity index (χ4n) is 2.53. The summed E-state index contributed by atoms with van der Waals surface area (Å²) in [6.45, 7) is 2.30. The number of pyridine rings is 1. The Morgan fingerprint density at radius 2 is 2.08 bits per heavy atom. The van der Waals surface area contributed by atoms with Gasteiger partial charge in [0.2, 0.25) is 5.91 Å². The molecule has 0 saturated carbocycles. The molecule has 0 fully saturated rings. The van der Waals surface area contributed by atoms with E-state index >= 15 is 0 Å². The molecule has 1 aliphatic heterocycles. The van der Waals surface area contributed by atoms with Crippen molar-refractivity contribution in [2.45, 2.75) is 19.5 Å². The normalized spacial score (nSPS) is 14.1. The van der Waals surface area contributed by atoms with Crippen molar-refractivity contribution < 1.29 is 22.7 Å². The molecule has 3 rings (SSSR count). The summed E-state index contributed by atoms with van der Waals surface area (Å²) in [5.41, 5.74) is 0.894. The Morgan fingerprint density at radius 1 is 1.29 bits per heavy atom. The molecule has 0 bridgehead atoms. The van der Waals surface area contributed by atoms with Gasteiger partial charge in [-0.25, -0.2) is 0 Å². The predicted molar refractivity (Wildman–Crippen MR) is 82.0 cm³/mol. The Balaban J connectivity index is 1.87. The average Bonchev–Trinajstić information content (AvgIpc) is 2.55. The van der Waals surface area contributed by atoms with E-state index in [0.717, 1.165) is 17.8 Å². The molecule has 0 unspecified atom stereocenters. The highest BCUT2D eigenvalue weighted by atomic mass is 19.4. The lowest BCUT2D eigenvalue weighted by Crippen LogP contribution is -2.39. The second kappa shape index (κ2) is 6.14. The van der Waals surface area contributed by atoms with Gasteiger partial charge in [-0.15, -0.1) is 0 Å². The van der Waals surface area contributed by atoms with Crippen molar-refractivity contribution in [2.75, 3.05) is 18.1 Å². The number of hydrogen-bond acceptors (Lipinski definition) is 3. The smallest absolute Gasteiger partial charge is 0.416 e. The summed E-state index contributed by atoms with van der Waals surface area (Å²) in [6.07, 6.45) is -2.80. The topological polar surface area (TPSA) is 42.4 Å². The molecule has 0 radical (unpaired) electrons. The number of anilines is 1. The molecule has 126 valence electrons. The molecule has 0 N–H and O–H groups in total. The summed E-state index contributed by atoms with van der Waals surface area (Å²) in [5, 5.41) is 0. The summed E-state index contributed by atoms with van der Waals surface area (Å²) in [7, 11) is 0. The molecule has 0 saturated heterocycles. The summed E-state index contributed by atoms with van der Waals surface area (Å²) >= 11 is 0. The fourth-order valence-corrected chi connectivity index (χ4v) is 2.53. The lowest BCUT2D eigenvalue weighted by atomic mass is 10.1. The Bertz CT molecular complexity index is 757. The number of benzene rings is 1. The number of fused-ring (bicyclic) bond motifs is 1. The number of carbonyl (C=O) groups is 1. The molecule has 4 nitrogen and oxygen atoms in total. The maximum Gasteiger partial charge on any atom is 0.416 e. The standard InChI is InChI=1S/C17H15F3N2O2/c1-11-2-3-12(10-21-11)8-16(23)22-6-7-24-15-5-4-13(9-14(15)22)17(18,19)20/h2-5,9-10H,6-8H2,1H3. The highest BCUT2D eigenvalue weighted by Crippen LogP contribution is 2.38. The quantitative estimate of drug-likeness (QED) is 0.844. The van der Waals surface area contributed by atoms with Crippen molar-refractivity contribution in [3.05, 3.63) is 53.3 Å². The van der Waals surface area contributed by atoms with Crippen molar-refractivity contribution in [2.24, 2.45) is 0 Å². The minimum atomic E-state index is -4.47. The zero-order valence-corrected chi connectivity index (χ0v) is 12.9. The van der Waals surface area contributed by atoms with Gasteiger partial charge >= 0.3 is 6.18 Å². The summed E-state index contributed by atoms with van der Waals surface area (Å²) in [6, 6.07) is 6.74. The van der Waals surface area contributed by atoms with Crippen LogP contribution in [-0.2, 0) is 17.4 Å². The molecule has 7 heteroatoms. The monoisotopic (exact) mass is 336 g/mol. The van der Waals surface area contributed by atoms with E-state index in [1.807, 2.05) is 6.92 Å². The van der Waals surface area contributed by atoms with Gasteiger partial charge in [0.15, 0.2) is 0 Å². The van der Waals surface area contributed by atoms with Crippen LogP contribution in [0.15, 0.2) is 36.5 Å². The van der Waals surface area contributed by atoms with Gasteiger partial charge in [0, 0.05) is 11.9 Å². The number of alkyl halides is 3. The third-order valence-corrected chi connectivity index (χ3v) is 3.78. The van der Waals surface area contributed by atoms with Crippen molar-refractivity contribution in [3.8, 4) is 5.75 Å². The van der Waals surface area contributed by atoms with Crippen LogP contribution >= 0.6 is 0 Å². The molecular weight excluding hydrogens is 321 g/mol. The van der Waals surface area contributed by atoms with Crippen LogP contribution in [0, 0.1) is 6.92 Å². The molecule has 0 aliphatic carbocycles. The number of halogens is 3. The second-order valence-electron chi connectivity index (χ2n) is 5.56. The van der Waals surface area contributed by atoms with E-state index in [2.05, 4.69) is 4.98 Å². The van der Waals surface area contributed by atoms with Crippen LogP contribution in [-0.4, -0.2) is 24.0 Å². The molecule has 1 aliphatic rings. The van der Waals surface area contributed by atoms with Crippen LogP contribution in [0.4, 0.5) is 18.9 Å². The van der Waals surface area contributed by atoms with Crippen LogP contribution in [0.3, 0.4) is 0 Å². The average molecular weight is 336 g/mol. The Hall–Kier alpha value is -2.57. The number of nitrogens with zero attached hydrogens (tertiary/aromatic N) is 2. The fraction of sp³-hybridized carbons (Fsp3) is 0.294. The molecule has 1 aromatic heterocycles. The first kappa shape index (κ1) is 16.3. The van der Waals surface area contributed by atoms with Crippen molar-refractivity contribution in [1.29, 1.82) is 0 Å². The molecule has 1 aromatic carbocycles. The van der Waals surface area contributed by atoms with Crippen molar-refractivity contribution in [3.63, 3.8) is 0 Å². The molecular formula is C17H15F3N2O2. The number of carbonyl (C=O) groups excluding carboxylic acids is 1. The maximum atomic E-state index is 12.9. The van der Waals surface area contributed by atoms with E-state index in [9.17, 15) is 18.0 Å². The minimum Gasteiger partial charge on any atom is -0.490 e. The van der Waals surface area contributed by atoms with E-state index in [-0.39, 0.29) is 36.9 Å². The molecule has 1 amide bonds. The molecule has 0 atom stereocenters. The third kappa shape index (κ3) is 3.34. The number of rotatable bonds is 2. The van der Waals surface area contributed by atoms with Crippen LogP contribution in [0.1, 0.15) is 16.8 Å². The first-order valence-electron chi connectivity index (χ1n) is 7.40. The first-order chi connectivity index (χ1) is 11.3. The number of aromatic nitrogens is 1. The molecule has 0 spiro atoms. The van der Waals surface area contributed by atoms with Gasteiger partial charge in [0.1, 0.15) is 12.4 Å². The number of amides is 1. The first-order valence-corrected chi connectivity index (χ1v) is 7.40. The molecule has 2 aromatic rings. The van der Waals surface area contributed by atoms with Gasteiger partial charge in [-0.05, 0) is 36.8 Å². The Kier molecular flexibility index (Phi) is 4.17. The lowest BCUT2D eigenvalue weighted by molar-refractivity contribution is -0.137. The third-order valence-electron chi connectivity index (χ3n) is 3.78. The van der Waals surface area contributed by atoms with E-state index in [1.165, 1.54) is 11.0 Å². The van der Waals surface area contributed by atoms with Gasteiger partial charge in [-0.1, -0.05) is 6.07 Å². The van der Waals surface area contributed by atoms with E-state index in [0.29, 0.717) is 5.56 Å². The summed E-state index contributed by atoms with van der Waals surface area (Å²) in [4.78, 5) is 18.0. The lowest BCUT2D eigenvalue weighted by Gasteiger charge is -2.30. The predicted octanol–water partition coefficient (Wildman–Crippen LogP) is 3.38. The van der Waals surface area contributed by atoms with Gasteiger partial charge in [0.05, 0.1) is 24.2 Å². The van der Waals surface area contributed by atoms with E-state index < -0.39 is 11.7 Å². The van der Waals surface area contributed by atoms with Crippen molar-refractivity contribution >= 4 is 11.6 Å². The Morgan fingerprint density at radius 3 is 2.75 bits per heavy atom. The minimum absolute atomic E-state index is 0.0724. The SMILES string of the molecule is Cc1ccc(CC(=O)N2CCOc3ccc(C(F)(F)F)cc32)cn1. The van der Waals surface area contributed by atoms with Gasteiger partial charge < -0.3 is 9.64 Å². The maximum absolute atomic E-state index is 12.9. The van der Waals surface area contributed by atoms with Crippen molar-refractivity contribution in [1.82, 2.24) is 4.98 Å². The second-order valence-corrected chi connectivity index (χ2v) is 5.56. The van der Waals surface area contributed by atoms with E-state index in [4.69, 9.17) is 4.74 Å². The van der Waals surface area contributed by atoms with Crippen LogP contribution < -0.4 is 9.64 Å². The van der Waals surface area contributed by atoms with E-state index in [1.54, 1.807) is 18.3 Å².